The number of aromatic nitrogens is 1. The predicted molar refractivity (Wildman–Crippen MR) is 119 cm³/mol. The molecule has 2 aliphatic rings. The molecule has 0 bridgehead atoms. The molecule has 1 aromatic heterocycles. The maximum Gasteiger partial charge on any atom is 0.265 e. The fourth-order valence-corrected chi connectivity index (χ4v) is 5.76. The minimum atomic E-state index is -3.86. The summed E-state index contributed by atoms with van der Waals surface area (Å²) in [5, 5.41) is 5.53. The number of rotatable bonds is 5. The van der Waals surface area contributed by atoms with Crippen molar-refractivity contribution in [1.29, 1.82) is 0 Å². The van der Waals surface area contributed by atoms with E-state index in [1.165, 1.54) is 10.4 Å². The highest BCUT2D eigenvalue weighted by atomic mass is 32.2. The Morgan fingerprint density at radius 2 is 2.16 bits per heavy atom. The number of fused-ring (bicyclic) bond motifs is 1. The van der Waals surface area contributed by atoms with Crippen LogP contribution in [0.5, 0.6) is 5.75 Å². The Labute approximate surface area is 187 Å². The van der Waals surface area contributed by atoms with Crippen molar-refractivity contribution in [1.82, 2.24) is 9.29 Å². The number of carbonyl (C=O) groups is 2. The van der Waals surface area contributed by atoms with Crippen LogP contribution in [0.1, 0.15) is 31.7 Å². The van der Waals surface area contributed by atoms with Gasteiger partial charge in [0.05, 0.1) is 16.5 Å². The molecule has 2 atom stereocenters. The average molecular weight is 459 g/mol. The van der Waals surface area contributed by atoms with Crippen molar-refractivity contribution in [2.45, 2.75) is 44.1 Å². The summed E-state index contributed by atoms with van der Waals surface area (Å²) in [6, 6.07) is 8.30. The van der Waals surface area contributed by atoms with Crippen molar-refractivity contribution in [2.24, 2.45) is 5.92 Å². The molecule has 4 rings (SSSR count). The number of carbonyl (C=O) groups excluding carboxylic acids is 2. The molecule has 3 heterocycles. The van der Waals surface area contributed by atoms with Gasteiger partial charge in [-0.25, -0.2) is 13.4 Å². The molecule has 9 nitrogen and oxygen atoms in total. The van der Waals surface area contributed by atoms with Gasteiger partial charge in [0.15, 0.2) is 6.10 Å². The van der Waals surface area contributed by atoms with E-state index in [0.29, 0.717) is 48.6 Å². The van der Waals surface area contributed by atoms with Gasteiger partial charge >= 0.3 is 0 Å². The number of aryl methyl sites for hydroxylation is 1. The van der Waals surface area contributed by atoms with Gasteiger partial charge in [-0.15, -0.1) is 0 Å². The van der Waals surface area contributed by atoms with Crippen LogP contribution in [-0.2, 0) is 19.6 Å². The van der Waals surface area contributed by atoms with E-state index in [4.69, 9.17) is 4.74 Å². The SMILES string of the molecule is CCC1Oc2cc(S(=O)(=O)N3CCCC(C(=O)Nc4ccccn4)C3)c(C)cc2NC1=O. The summed E-state index contributed by atoms with van der Waals surface area (Å²) >= 11 is 0. The van der Waals surface area contributed by atoms with Gasteiger partial charge in [-0.2, -0.15) is 4.31 Å². The van der Waals surface area contributed by atoms with E-state index < -0.39 is 22.0 Å². The molecule has 10 heteroatoms. The van der Waals surface area contributed by atoms with E-state index in [9.17, 15) is 18.0 Å². The van der Waals surface area contributed by atoms with Crippen LogP contribution in [0, 0.1) is 12.8 Å². The molecule has 2 amide bonds. The molecule has 0 aliphatic carbocycles. The lowest BCUT2D eigenvalue weighted by Gasteiger charge is -2.32. The fraction of sp³-hybridized carbons (Fsp3) is 0.409. The number of ether oxygens (including phenoxy) is 1. The molecular weight excluding hydrogens is 432 g/mol. The van der Waals surface area contributed by atoms with Crippen molar-refractivity contribution in [2.75, 3.05) is 23.7 Å². The van der Waals surface area contributed by atoms with Crippen molar-refractivity contribution >= 4 is 33.3 Å². The van der Waals surface area contributed by atoms with Crippen LogP contribution in [-0.4, -0.2) is 48.7 Å². The van der Waals surface area contributed by atoms with E-state index in [2.05, 4.69) is 15.6 Å². The number of anilines is 2. The zero-order chi connectivity index (χ0) is 22.9. The molecule has 0 radical (unpaired) electrons. The number of nitrogens with zero attached hydrogens (tertiary/aromatic N) is 2. The van der Waals surface area contributed by atoms with E-state index in [0.717, 1.165) is 0 Å². The van der Waals surface area contributed by atoms with Crippen LogP contribution in [0.4, 0.5) is 11.5 Å². The maximum absolute atomic E-state index is 13.5. The van der Waals surface area contributed by atoms with Crippen molar-refractivity contribution in [3.63, 3.8) is 0 Å². The first kappa shape index (κ1) is 22.2. The predicted octanol–water partition coefficient (Wildman–Crippen LogP) is 2.54. The Balaban J connectivity index is 1.55. The zero-order valence-electron chi connectivity index (χ0n) is 18.0. The third kappa shape index (κ3) is 4.33. The third-order valence-electron chi connectivity index (χ3n) is 5.76. The molecular formula is C22H26N4O5S. The second-order valence-corrected chi connectivity index (χ2v) is 9.93. The Bertz CT molecular complexity index is 1140. The second-order valence-electron chi connectivity index (χ2n) is 8.02. The summed E-state index contributed by atoms with van der Waals surface area (Å²) in [6.07, 6.45) is 2.57. The lowest BCUT2D eigenvalue weighted by Crippen LogP contribution is -2.44. The van der Waals surface area contributed by atoms with Crippen molar-refractivity contribution in [3.05, 3.63) is 42.1 Å². The number of nitrogens with one attached hydrogen (secondary N) is 2. The first-order valence-electron chi connectivity index (χ1n) is 10.6. The van der Waals surface area contributed by atoms with E-state index in [-0.39, 0.29) is 23.3 Å². The summed E-state index contributed by atoms with van der Waals surface area (Å²) in [7, 11) is -3.86. The molecule has 32 heavy (non-hydrogen) atoms. The lowest BCUT2D eigenvalue weighted by molar-refractivity contribution is -0.123. The van der Waals surface area contributed by atoms with Gasteiger partial charge < -0.3 is 15.4 Å². The zero-order valence-corrected chi connectivity index (χ0v) is 18.8. The fourth-order valence-electron chi connectivity index (χ4n) is 4.01. The largest absolute Gasteiger partial charge is 0.478 e. The van der Waals surface area contributed by atoms with Gasteiger partial charge in [-0.3, -0.25) is 9.59 Å². The van der Waals surface area contributed by atoms with Gasteiger partial charge in [0, 0.05) is 25.4 Å². The summed E-state index contributed by atoms with van der Waals surface area (Å²) < 4.78 is 34.0. The quantitative estimate of drug-likeness (QED) is 0.711. The van der Waals surface area contributed by atoms with Gasteiger partial charge in [0.25, 0.3) is 5.91 Å². The number of sulfonamides is 1. The lowest BCUT2D eigenvalue weighted by atomic mass is 9.99. The molecule has 2 aromatic rings. The molecule has 2 unspecified atom stereocenters. The molecule has 0 saturated carbocycles. The highest BCUT2D eigenvalue weighted by Crippen LogP contribution is 2.36. The standard InChI is InChI=1S/C22H26N4O5S/c1-3-17-22(28)24-16-11-14(2)19(12-18(16)31-17)32(29,30)26-10-6-7-15(13-26)21(27)25-20-8-4-5-9-23-20/h4-5,8-9,11-12,15,17H,3,6-7,10,13H2,1-2H3,(H,24,28)(H,23,25,27). The normalized spacial score (nSPS) is 21.2. The van der Waals surface area contributed by atoms with E-state index >= 15 is 0 Å². The molecule has 1 fully saturated rings. The van der Waals surface area contributed by atoms with Gasteiger partial charge in [-0.05, 0) is 49.9 Å². The smallest absolute Gasteiger partial charge is 0.265 e. The highest BCUT2D eigenvalue weighted by Gasteiger charge is 2.36. The monoisotopic (exact) mass is 458 g/mol. The Morgan fingerprint density at radius 3 is 2.88 bits per heavy atom. The Kier molecular flexibility index (Phi) is 6.16. The molecule has 2 N–H and O–H groups in total. The number of hydrogen-bond acceptors (Lipinski definition) is 6. The number of amides is 2. The van der Waals surface area contributed by atoms with Crippen molar-refractivity contribution in [3.8, 4) is 5.75 Å². The van der Waals surface area contributed by atoms with E-state index in [1.54, 1.807) is 37.4 Å². The molecule has 0 spiro atoms. The minimum absolute atomic E-state index is 0.0900. The maximum atomic E-state index is 13.5. The first-order chi connectivity index (χ1) is 15.3. The number of hydrogen-bond donors (Lipinski definition) is 2. The molecule has 2 aliphatic heterocycles. The minimum Gasteiger partial charge on any atom is -0.478 e. The molecule has 1 aromatic carbocycles. The van der Waals surface area contributed by atoms with Gasteiger partial charge in [0.1, 0.15) is 11.6 Å². The topological polar surface area (TPSA) is 118 Å². The Hall–Kier alpha value is -2.98. The third-order valence-corrected chi connectivity index (χ3v) is 7.76. The van der Waals surface area contributed by atoms with Gasteiger partial charge in [0.2, 0.25) is 15.9 Å². The summed E-state index contributed by atoms with van der Waals surface area (Å²) in [5.74, 6) is -0.191. The van der Waals surface area contributed by atoms with E-state index in [1.807, 2.05) is 6.92 Å². The second kappa shape index (κ2) is 8.87. The molecule has 170 valence electrons. The van der Waals surface area contributed by atoms with Crippen LogP contribution >= 0.6 is 0 Å². The number of pyridine rings is 1. The highest BCUT2D eigenvalue weighted by molar-refractivity contribution is 7.89. The van der Waals surface area contributed by atoms with Crippen LogP contribution in [0.15, 0.2) is 41.4 Å². The Morgan fingerprint density at radius 1 is 1.34 bits per heavy atom. The summed E-state index contributed by atoms with van der Waals surface area (Å²) in [4.78, 5) is 29.0. The van der Waals surface area contributed by atoms with Crippen LogP contribution in [0.2, 0.25) is 0 Å². The van der Waals surface area contributed by atoms with Crippen LogP contribution in [0.25, 0.3) is 0 Å². The first-order valence-corrected chi connectivity index (χ1v) is 12.1. The molecule has 1 saturated heterocycles. The average Bonchev–Trinajstić information content (AvgIpc) is 2.79. The van der Waals surface area contributed by atoms with Crippen LogP contribution < -0.4 is 15.4 Å². The van der Waals surface area contributed by atoms with Crippen LogP contribution in [0.3, 0.4) is 0 Å². The number of piperidine rings is 1. The van der Waals surface area contributed by atoms with Crippen molar-refractivity contribution < 1.29 is 22.7 Å². The van der Waals surface area contributed by atoms with Gasteiger partial charge in [-0.1, -0.05) is 13.0 Å². The summed E-state index contributed by atoms with van der Waals surface area (Å²) in [5.41, 5.74) is 0.963. The number of benzene rings is 1. The summed E-state index contributed by atoms with van der Waals surface area (Å²) in [6.45, 7) is 3.93.